The van der Waals surface area contributed by atoms with Gasteiger partial charge in [-0.2, -0.15) is 0 Å². The topological polar surface area (TPSA) is 44.5 Å². The summed E-state index contributed by atoms with van der Waals surface area (Å²) >= 11 is 0. The van der Waals surface area contributed by atoms with Gasteiger partial charge in [-0.25, -0.2) is 0 Å². The molecule has 2 aliphatic rings. The standard InChI is InChI=1S/C6H11NO2/c7-5-2-1-4-3-8-6(5)9-4/h4-6H,1-3,7H2/t4?,5-,6+/m0/s1. The zero-order valence-corrected chi connectivity index (χ0v) is 5.25. The second-order valence-electron chi connectivity index (χ2n) is 2.70. The molecule has 2 heterocycles. The Hall–Kier alpha value is -0.120. The van der Waals surface area contributed by atoms with E-state index >= 15 is 0 Å². The first kappa shape index (κ1) is 5.65. The molecular formula is C6H11NO2. The summed E-state index contributed by atoms with van der Waals surface area (Å²) in [6, 6.07) is 0.115. The summed E-state index contributed by atoms with van der Waals surface area (Å²) in [6.07, 6.45) is 2.37. The van der Waals surface area contributed by atoms with Gasteiger partial charge in [-0.3, -0.25) is 0 Å². The van der Waals surface area contributed by atoms with Crippen molar-refractivity contribution in [2.45, 2.75) is 31.3 Å². The lowest BCUT2D eigenvalue weighted by molar-refractivity contribution is -0.0942. The lowest BCUT2D eigenvalue weighted by atomic mass is 10.1. The number of hydrogen-bond acceptors (Lipinski definition) is 3. The quantitative estimate of drug-likeness (QED) is 0.494. The van der Waals surface area contributed by atoms with Crippen molar-refractivity contribution in [1.82, 2.24) is 0 Å². The Balaban J connectivity index is 2.05. The van der Waals surface area contributed by atoms with Crippen LogP contribution in [0.2, 0.25) is 0 Å². The van der Waals surface area contributed by atoms with Gasteiger partial charge in [0.05, 0.1) is 18.8 Å². The van der Waals surface area contributed by atoms with E-state index in [1.54, 1.807) is 0 Å². The van der Waals surface area contributed by atoms with Crippen LogP contribution >= 0.6 is 0 Å². The van der Waals surface area contributed by atoms with Crippen LogP contribution in [-0.2, 0) is 9.47 Å². The maximum atomic E-state index is 5.67. The minimum Gasteiger partial charge on any atom is -0.348 e. The summed E-state index contributed by atoms with van der Waals surface area (Å²) in [5.41, 5.74) is 5.67. The third-order valence-electron chi connectivity index (χ3n) is 1.94. The van der Waals surface area contributed by atoms with E-state index in [2.05, 4.69) is 0 Å². The molecular weight excluding hydrogens is 118 g/mol. The summed E-state index contributed by atoms with van der Waals surface area (Å²) in [7, 11) is 0. The predicted molar refractivity (Wildman–Crippen MR) is 31.8 cm³/mol. The van der Waals surface area contributed by atoms with Crippen molar-refractivity contribution >= 4 is 0 Å². The van der Waals surface area contributed by atoms with Crippen LogP contribution in [0.25, 0.3) is 0 Å². The molecule has 2 fully saturated rings. The molecule has 0 radical (unpaired) electrons. The average Bonchev–Trinajstić information content (AvgIpc) is 2.25. The van der Waals surface area contributed by atoms with Crippen molar-refractivity contribution in [3.63, 3.8) is 0 Å². The molecule has 2 saturated heterocycles. The predicted octanol–water partition coefficient (Wildman–Crippen LogP) is -0.151. The fourth-order valence-electron chi connectivity index (χ4n) is 1.36. The number of nitrogens with two attached hydrogens (primary N) is 1. The SMILES string of the molecule is N[C@H]1CCC2CO[C@@H]1O2. The van der Waals surface area contributed by atoms with E-state index < -0.39 is 0 Å². The Labute approximate surface area is 54.1 Å². The minimum atomic E-state index is -0.0938. The lowest BCUT2D eigenvalue weighted by Crippen LogP contribution is -2.39. The number of ether oxygens (including phenoxy) is 2. The Morgan fingerprint density at radius 1 is 1.33 bits per heavy atom. The van der Waals surface area contributed by atoms with Gasteiger partial charge in [0, 0.05) is 0 Å². The monoisotopic (exact) mass is 129 g/mol. The van der Waals surface area contributed by atoms with E-state index in [-0.39, 0.29) is 12.3 Å². The highest BCUT2D eigenvalue weighted by Crippen LogP contribution is 2.25. The van der Waals surface area contributed by atoms with Gasteiger partial charge in [0.25, 0.3) is 0 Å². The highest BCUT2D eigenvalue weighted by Gasteiger charge is 2.35. The van der Waals surface area contributed by atoms with E-state index in [0.29, 0.717) is 6.10 Å². The van der Waals surface area contributed by atoms with Crippen LogP contribution in [0.5, 0.6) is 0 Å². The van der Waals surface area contributed by atoms with E-state index in [0.717, 1.165) is 19.4 Å². The Morgan fingerprint density at radius 3 is 3.00 bits per heavy atom. The Morgan fingerprint density at radius 2 is 2.22 bits per heavy atom. The largest absolute Gasteiger partial charge is 0.348 e. The van der Waals surface area contributed by atoms with Crippen LogP contribution in [0.4, 0.5) is 0 Å². The van der Waals surface area contributed by atoms with E-state index in [9.17, 15) is 0 Å². The molecule has 2 bridgehead atoms. The molecule has 0 amide bonds. The first-order valence-electron chi connectivity index (χ1n) is 3.39. The van der Waals surface area contributed by atoms with Gasteiger partial charge in [-0.1, -0.05) is 0 Å². The molecule has 0 aromatic heterocycles. The van der Waals surface area contributed by atoms with Crippen LogP contribution in [0.1, 0.15) is 12.8 Å². The Kier molecular flexibility index (Phi) is 1.22. The second-order valence-corrected chi connectivity index (χ2v) is 2.70. The molecule has 1 unspecified atom stereocenters. The molecule has 0 aromatic carbocycles. The maximum absolute atomic E-state index is 5.67. The van der Waals surface area contributed by atoms with E-state index in [1.807, 2.05) is 0 Å². The second kappa shape index (κ2) is 1.94. The zero-order valence-electron chi connectivity index (χ0n) is 5.25. The molecule has 2 rings (SSSR count). The molecule has 0 saturated carbocycles. The lowest BCUT2D eigenvalue weighted by Gasteiger charge is -2.23. The molecule has 9 heavy (non-hydrogen) atoms. The van der Waals surface area contributed by atoms with Gasteiger partial charge >= 0.3 is 0 Å². The summed E-state index contributed by atoms with van der Waals surface area (Å²) in [6.45, 7) is 0.748. The van der Waals surface area contributed by atoms with Crippen molar-refractivity contribution in [3.05, 3.63) is 0 Å². The first-order chi connectivity index (χ1) is 4.36. The fraction of sp³-hybridized carbons (Fsp3) is 1.00. The average molecular weight is 129 g/mol. The number of rotatable bonds is 0. The summed E-state index contributed by atoms with van der Waals surface area (Å²) < 4.78 is 10.6. The van der Waals surface area contributed by atoms with E-state index in [1.165, 1.54) is 0 Å². The molecule has 3 nitrogen and oxygen atoms in total. The van der Waals surface area contributed by atoms with Crippen molar-refractivity contribution < 1.29 is 9.47 Å². The highest BCUT2D eigenvalue weighted by atomic mass is 16.7. The van der Waals surface area contributed by atoms with Gasteiger partial charge < -0.3 is 15.2 Å². The third-order valence-corrected chi connectivity index (χ3v) is 1.94. The maximum Gasteiger partial charge on any atom is 0.173 e. The normalized spacial score (nSPS) is 49.7. The first-order valence-corrected chi connectivity index (χ1v) is 3.39. The summed E-state index contributed by atoms with van der Waals surface area (Å²) in [5.74, 6) is 0. The highest BCUT2D eigenvalue weighted by molar-refractivity contribution is 4.80. The summed E-state index contributed by atoms with van der Waals surface area (Å²) in [5, 5.41) is 0. The van der Waals surface area contributed by atoms with Gasteiger partial charge in [0.1, 0.15) is 0 Å². The van der Waals surface area contributed by atoms with Gasteiger partial charge in [0.2, 0.25) is 0 Å². The minimum absolute atomic E-state index is 0.0938. The molecule has 2 N–H and O–H groups in total. The van der Waals surface area contributed by atoms with Crippen molar-refractivity contribution in [2.75, 3.05) is 6.61 Å². The third kappa shape index (κ3) is 0.852. The van der Waals surface area contributed by atoms with E-state index in [4.69, 9.17) is 15.2 Å². The van der Waals surface area contributed by atoms with Crippen LogP contribution in [-0.4, -0.2) is 25.0 Å². The molecule has 3 atom stereocenters. The smallest absolute Gasteiger partial charge is 0.173 e. The molecule has 52 valence electrons. The Bertz CT molecular complexity index is 118. The van der Waals surface area contributed by atoms with Crippen LogP contribution in [0.15, 0.2) is 0 Å². The zero-order chi connectivity index (χ0) is 6.27. The molecule has 3 heteroatoms. The molecule has 0 spiro atoms. The summed E-state index contributed by atoms with van der Waals surface area (Å²) in [4.78, 5) is 0. The van der Waals surface area contributed by atoms with Gasteiger partial charge in [-0.05, 0) is 12.8 Å². The fourth-order valence-corrected chi connectivity index (χ4v) is 1.36. The van der Waals surface area contributed by atoms with Gasteiger partial charge in [0.15, 0.2) is 6.29 Å². The number of hydrogen-bond donors (Lipinski definition) is 1. The number of fused-ring (bicyclic) bond motifs is 2. The van der Waals surface area contributed by atoms with Crippen LogP contribution in [0, 0.1) is 0 Å². The van der Waals surface area contributed by atoms with Crippen molar-refractivity contribution in [3.8, 4) is 0 Å². The molecule has 2 aliphatic heterocycles. The van der Waals surface area contributed by atoms with Gasteiger partial charge in [-0.15, -0.1) is 0 Å². The van der Waals surface area contributed by atoms with Crippen molar-refractivity contribution in [1.29, 1.82) is 0 Å². The van der Waals surface area contributed by atoms with Crippen LogP contribution in [0.3, 0.4) is 0 Å². The van der Waals surface area contributed by atoms with Crippen LogP contribution < -0.4 is 5.73 Å². The molecule has 0 aliphatic carbocycles. The molecule has 0 aromatic rings. The van der Waals surface area contributed by atoms with Crippen molar-refractivity contribution in [2.24, 2.45) is 5.73 Å².